The van der Waals surface area contributed by atoms with Gasteiger partial charge in [0, 0.05) is 44.6 Å². The first-order chi connectivity index (χ1) is 12.7. The number of carbonyl (C=O) groups is 1. The van der Waals surface area contributed by atoms with Gasteiger partial charge in [0.1, 0.15) is 5.25 Å². The third-order valence-electron chi connectivity index (χ3n) is 5.34. The van der Waals surface area contributed by atoms with E-state index < -0.39 is 0 Å². The molecule has 4 rings (SSSR count). The van der Waals surface area contributed by atoms with Gasteiger partial charge >= 0.3 is 0 Å². The zero-order chi connectivity index (χ0) is 17.9. The van der Waals surface area contributed by atoms with E-state index >= 15 is 0 Å². The van der Waals surface area contributed by atoms with E-state index in [2.05, 4.69) is 52.0 Å². The second-order valence-electron chi connectivity index (χ2n) is 7.18. The largest absolute Gasteiger partial charge is 0.336 e. The molecule has 0 radical (unpaired) electrons. The highest BCUT2D eigenvalue weighted by Crippen LogP contribution is 2.38. The molecule has 2 aliphatic rings. The Hall–Kier alpha value is -1.85. The number of amides is 1. The molecule has 26 heavy (non-hydrogen) atoms. The second-order valence-corrected chi connectivity index (χ2v) is 8.39. The van der Waals surface area contributed by atoms with Crippen molar-refractivity contribution in [3.05, 3.63) is 65.5 Å². The first-order valence-corrected chi connectivity index (χ1v) is 10.4. The fraction of sp³-hybridized carbons (Fsp3) is 0.429. The lowest BCUT2D eigenvalue weighted by atomic mass is 10.00. The molecule has 1 aromatic carbocycles. The summed E-state index contributed by atoms with van der Waals surface area (Å²) >= 11 is 1.80. The van der Waals surface area contributed by atoms with Crippen molar-refractivity contribution in [3.63, 3.8) is 0 Å². The monoisotopic (exact) mass is 367 g/mol. The van der Waals surface area contributed by atoms with Gasteiger partial charge in [-0.2, -0.15) is 0 Å². The molecule has 0 saturated carbocycles. The maximum absolute atomic E-state index is 13.3. The van der Waals surface area contributed by atoms with Crippen molar-refractivity contribution in [2.75, 3.05) is 25.4 Å². The molecule has 2 aromatic rings. The summed E-state index contributed by atoms with van der Waals surface area (Å²) in [5, 5.41) is -0.0349. The van der Waals surface area contributed by atoms with E-state index in [1.54, 1.807) is 11.8 Å². The van der Waals surface area contributed by atoms with Gasteiger partial charge in [-0.3, -0.25) is 14.7 Å². The first kappa shape index (κ1) is 17.6. The number of fused-ring (bicyclic) bond motifs is 1. The number of carbonyl (C=O) groups excluding carboxylic acids is 1. The van der Waals surface area contributed by atoms with E-state index in [0.717, 1.165) is 38.4 Å². The van der Waals surface area contributed by atoms with Crippen LogP contribution >= 0.6 is 11.8 Å². The van der Waals surface area contributed by atoms with Gasteiger partial charge < -0.3 is 4.90 Å². The molecule has 4 nitrogen and oxygen atoms in total. The summed E-state index contributed by atoms with van der Waals surface area (Å²) in [4.78, 5) is 22.0. The molecular formula is C21H25N3OS. The Labute approximate surface area is 159 Å². The highest BCUT2D eigenvalue weighted by molar-refractivity contribution is 8.00. The number of benzene rings is 1. The predicted octanol–water partition coefficient (Wildman–Crippen LogP) is 3.14. The summed E-state index contributed by atoms with van der Waals surface area (Å²) < 4.78 is 0. The SMILES string of the molecule is C[C@H]1CN(Cc2cccnc2)CCN1C(=O)[C@H]1SCCc2ccccc21. The van der Waals surface area contributed by atoms with Crippen LogP contribution in [0.4, 0.5) is 0 Å². The predicted molar refractivity (Wildman–Crippen MR) is 106 cm³/mol. The van der Waals surface area contributed by atoms with E-state index in [0.29, 0.717) is 0 Å². The molecule has 0 N–H and O–H groups in total. The van der Waals surface area contributed by atoms with E-state index in [4.69, 9.17) is 0 Å². The van der Waals surface area contributed by atoms with Crippen LogP contribution in [0.25, 0.3) is 0 Å². The van der Waals surface area contributed by atoms with Gasteiger partial charge in [-0.15, -0.1) is 11.8 Å². The zero-order valence-corrected chi connectivity index (χ0v) is 16.0. The fourth-order valence-electron chi connectivity index (χ4n) is 4.00. The number of hydrogen-bond acceptors (Lipinski definition) is 4. The number of nitrogens with zero attached hydrogens (tertiary/aromatic N) is 3. The summed E-state index contributed by atoms with van der Waals surface area (Å²) in [6.45, 7) is 5.72. The number of rotatable bonds is 3. The van der Waals surface area contributed by atoms with Crippen LogP contribution in [0.3, 0.4) is 0 Å². The lowest BCUT2D eigenvalue weighted by Gasteiger charge is -2.41. The Balaban J connectivity index is 1.43. The summed E-state index contributed by atoms with van der Waals surface area (Å²) in [7, 11) is 0. The van der Waals surface area contributed by atoms with Crippen molar-refractivity contribution >= 4 is 17.7 Å². The van der Waals surface area contributed by atoms with Crippen molar-refractivity contribution in [3.8, 4) is 0 Å². The van der Waals surface area contributed by atoms with Crippen molar-refractivity contribution in [1.82, 2.24) is 14.8 Å². The molecule has 2 atom stereocenters. The number of aromatic nitrogens is 1. The molecule has 136 valence electrons. The van der Waals surface area contributed by atoms with Gasteiger partial charge in [0.15, 0.2) is 0 Å². The Morgan fingerprint density at radius 1 is 1.23 bits per heavy atom. The second kappa shape index (κ2) is 7.80. The van der Waals surface area contributed by atoms with Gasteiger partial charge in [-0.05, 0) is 41.9 Å². The maximum atomic E-state index is 13.3. The highest BCUT2D eigenvalue weighted by atomic mass is 32.2. The van der Waals surface area contributed by atoms with Crippen LogP contribution in [0.15, 0.2) is 48.8 Å². The average Bonchev–Trinajstić information content (AvgIpc) is 2.68. The summed E-state index contributed by atoms with van der Waals surface area (Å²) in [5.74, 6) is 1.32. The van der Waals surface area contributed by atoms with Gasteiger partial charge in [-0.1, -0.05) is 30.3 Å². The van der Waals surface area contributed by atoms with Crippen molar-refractivity contribution < 1.29 is 4.79 Å². The molecule has 1 amide bonds. The van der Waals surface area contributed by atoms with E-state index in [1.807, 2.05) is 18.5 Å². The van der Waals surface area contributed by atoms with Crippen LogP contribution in [-0.4, -0.2) is 52.1 Å². The molecule has 1 fully saturated rings. The minimum Gasteiger partial charge on any atom is -0.336 e. The Kier molecular flexibility index (Phi) is 5.27. The van der Waals surface area contributed by atoms with E-state index in [9.17, 15) is 4.79 Å². The Morgan fingerprint density at radius 2 is 2.12 bits per heavy atom. The third kappa shape index (κ3) is 3.64. The smallest absolute Gasteiger partial charge is 0.240 e. The molecule has 1 aromatic heterocycles. The van der Waals surface area contributed by atoms with Crippen molar-refractivity contribution in [2.45, 2.75) is 31.2 Å². The molecule has 0 aliphatic carbocycles. The van der Waals surface area contributed by atoms with Crippen LogP contribution in [0, 0.1) is 0 Å². The molecule has 0 spiro atoms. The number of thioether (sulfide) groups is 1. The third-order valence-corrected chi connectivity index (χ3v) is 6.57. The average molecular weight is 368 g/mol. The molecule has 2 aliphatic heterocycles. The van der Waals surface area contributed by atoms with Crippen LogP contribution in [0.2, 0.25) is 0 Å². The molecule has 3 heterocycles. The van der Waals surface area contributed by atoms with Gasteiger partial charge in [-0.25, -0.2) is 0 Å². The molecular weight excluding hydrogens is 342 g/mol. The molecule has 0 unspecified atom stereocenters. The highest BCUT2D eigenvalue weighted by Gasteiger charge is 2.35. The quantitative estimate of drug-likeness (QED) is 0.835. The topological polar surface area (TPSA) is 36.4 Å². The summed E-state index contributed by atoms with van der Waals surface area (Å²) in [6, 6.07) is 12.8. The first-order valence-electron chi connectivity index (χ1n) is 9.33. The number of piperazine rings is 1. The Bertz CT molecular complexity index is 767. The van der Waals surface area contributed by atoms with Crippen LogP contribution in [-0.2, 0) is 17.8 Å². The Morgan fingerprint density at radius 3 is 2.92 bits per heavy atom. The van der Waals surface area contributed by atoms with E-state index in [1.165, 1.54) is 16.7 Å². The lowest BCUT2D eigenvalue weighted by molar-refractivity contribution is -0.135. The zero-order valence-electron chi connectivity index (χ0n) is 15.2. The van der Waals surface area contributed by atoms with Crippen molar-refractivity contribution in [1.29, 1.82) is 0 Å². The van der Waals surface area contributed by atoms with Gasteiger partial charge in [0.25, 0.3) is 0 Å². The normalized spacial score (nSPS) is 23.5. The number of pyridine rings is 1. The van der Waals surface area contributed by atoms with E-state index in [-0.39, 0.29) is 17.2 Å². The van der Waals surface area contributed by atoms with Crippen LogP contribution < -0.4 is 0 Å². The lowest BCUT2D eigenvalue weighted by Crippen LogP contribution is -2.54. The van der Waals surface area contributed by atoms with Crippen LogP contribution in [0.5, 0.6) is 0 Å². The summed E-state index contributed by atoms with van der Waals surface area (Å²) in [5.41, 5.74) is 3.79. The standard InChI is InChI=1S/C21H25N3OS/c1-16-14-23(15-17-5-4-9-22-13-17)10-11-24(16)21(25)20-19-7-3-2-6-18(19)8-12-26-20/h2-7,9,13,16,20H,8,10-12,14-15H2,1H3/t16-,20-/m0/s1. The fourth-order valence-corrected chi connectivity index (χ4v) is 5.26. The van der Waals surface area contributed by atoms with Crippen LogP contribution in [0.1, 0.15) is 28.9 Å². The number of aryl methyl sites for hydroxylation is 1. The number of hydrogen-bond donors (Lipinski definition) is 0. The minimum atomic E-state index is -0.0349. The van der Waals surface area contributed by atoms with Gasteiger partial charge in [0.2, 0.25) is 5.91 Å². The minimum absolute atomic E-state index is 0.0349. The maximum Gasteiger partial charge on any atom is 0.240 e. The molecule has 1 saturated heterocycles. The van der Waals surface area contributed by atoms with Crippen molar-refractivity contribution in [2.24, 2.45) is 0 Å². The summed E-state index contributed by atoms with van der Waals surface area (Å²) in [6.07, 6.45) is 4.80. The molecule has 0 bridgehead atoms. The molecule has 5 heteroatoms. The van der Waals surface area contributed by atoms with Gasteiger partial charge in [0.05, 0.1) is 0 Å².